The lowest BCUT2D eigenvalue weighted by Gasteiger charge is -2.34. The van der Waals surface area contributed by atoms with Crippen LogP contribution in [0.4, 0.5) is 17.3 Å². The number of likely N-dealkylation sites (N-methyl/N-ethyl adjacent to an activating group) is 1. The molecule has 10 heteroatoms. The number of hydrogen-bond acceptors (Lipinski definition) is 8. The first-order chi connectivity index (χ1) is 18.9. The molecule has 2 aromatic carbocycles. The van der Waals surface area contributed by atoms with Crippen molar-refractivity contribution in [3.8, 4) is 11.1 Å². The monoisotopic (exact) mass is 542 g/mol. The number of halogens is 1. The van der Waals surface area contributed by atoms with E-state index in [1.807, 2.05) is 19.1 Å². The van der Waals surface area contributed by atoms with Crippen molar-refractivity contribution in [2.75, 3.05) is 43.4 Å². The largest absolute Gasteiger partial charge is 0.404 e. The zero-order chi connectivity index (χ0) is 27.5. The second-order valence-corrected chi connectivity index (χ2v) is 9.91. The van der Waals surface area contributed by atoms with Gasteiger partial charge in [-0.3, -0.25) is 9.36 Å². The zero-order valence-corrected chi connectivity index (χ0v) is 22.7. The number of hydrogen-bond donors (Lipinski definition) is 3. The van der Waals surface area contributed by atoms with Gasteiger partial charge in [0.05, 0.1) is 0 Å². The molecule has 1 saturated heterocycles. The number of aryl methyl sites for hydroxylation is 1. The minimum atomic E-state index is -0.192. The maximum absolute atomic E-state index is 13.5. The zero-order valence-electron chi connectivity index (χ0n) is 22.0. The average Bonchev–Trinajstić information content (AvgIpc) is 2.95. The third-order valence-electron chi connectivity index (χ3n) is 7.06. The standard InChI is InChI=1S/C29H31ClN8O/c1-3-38-27-20(14-25(28(38)39)24-9-4-19(15-26(24)30)21(16-31)17-32)18-33-29(35-27)34-22-5-7-23(8-6-22)37-12-10-36(2)11-13-37/h4-9,14-18,31H,3,10-13,32H2,1-2H3,(H,33,34,35)/b21-17+,31-16?. The fraction of sp³-hybridized carbons (Fsp3) is 0.241. The van der Waals surface area contributed by atoms with Gasteiger partial charge in [0.15, 0.2) is 0 Å². The molecule has 0 spiro atoms. The van der Waals surface area contributed by atoms with Gasteiger partial charge in [-0.25, -0.2) is 4.98 Å². The van der Waals surface area contributed by atoms with E-state index in [9.17, 15) is 4.79 Å². The smallest absolute Gasteiger partial charge is 0.260 e. The number of aromatic nitrogens is 3. The lowest BCUT2D eigenvalue weighted by Crippen LogP contribution is -2.44. The summed E-state index contributed by atoms with van der Waals surface area (Å²) in [5.74, 6) is 0.416. The Balaban J connectivity index is 1.44. The van der Waals surface area contributed by atoms with Gasteiger partial charge in [-0.2, -0.15) is 4.98 Å². The van der Waals surface area contributed by atoms with Crippen LogP contribution < -0.4 is 21.5 Å². The maximum atomic E-state index is 13.5. The molecule has 0 atom stereocenters. The molecule has 1 aliphatic heterocycles. The first kappa shape index (κ1) is 26.4. The maximum Gasteiger partial charge on any atom is 0.260 e. The molecule has 1 fully saturated rings. The molecular weight excluding hydrogens is 512 g/mol. The fourth-order valence-corrected chi connectivity index (χ4v) is 5.08. The van der Waals surface area contributed by atoms with E-state index in [2.05, 4.69) is 44.3 Å². The number of allylic oxidation sites excluding steroid dienone is 1. The molecule has 4 aromatic rings. The predicted octanol–water partition coefficient (Wildman–Crippen LogP) is 4.58. The highest BCUT2D eigenvalue weighted by molar-refractivity contribution is 6.33. The van der Waals surface area contributed by atoms with Crippen LogP contribution in [0.5, 0.6) is 0 Å². The number of fused-ring (bicyclic) bond motifs is 1. The summed E-state index contributed by atoms with van der Waals surface area (Å²) in [4.78, 5) is 27.4. The average molecular weight is 543 g/mol. The lowest BCUT2D eigenvalue weighted by molar-refractivity contribution is 0.313. The van der Waals surface area contributed by atoms with Gasteiger partial charge in [0, 0.05) is 89.8 Å². The molecule has 39 heavy (non-hydrogen) atoms. The van der Waals surface area contributed by atoms with E-state index >= 15 is 0 Å². The van der Waals surface area contributed by atoms with Crippen molar-refractivity contribution in [3.05, 3.63) is 81.9 Å². The summed E-state index contributed by atoms with van der Waals surface area (Å²) in [6, 6.07) is 15.3. The molecule has 3 heterocycles. The quantitative estimate of drug-likeness (QED) is 0.293. The van der Waals surface area contributed by atoms with Crippen LogP contribution in [0.3, 0.4) is 0 Å². The minimum Gasteiger partial charge on any atom is -0.404 e. The number of nitrogens with zero attached hydrogens (tertiary/aromatic N) is 5. The van der Waals surface area contributed by atoms with Crippen LogP contribution in [0.1, 0.15) is 12.5 Å². The third kappa shape index (κ3) is 5.36. The van der Waals surface area contributed by atoms with Crippen molar-refractivity contribution < 1.29 is 0 Å². The molecule has 0 bridgehead atoms. The van der Waals surface area contributed by atoms with E-state index in [1.165, 1.54) is 11.9 Å². The van der Waals surface area contributed by atoms with E-state index in [0.29, 0.717) is 45.4 Å². The molecule has 5 rings (SSSR count). The van der Waals surface area contributed by atoms with Gasteiger partial charge < -0.3 is 26.3 Å². The number of benzene rings is 2. The molecule has 0 saturated carbocycles. The first-order valence-corrected chi connectivity index (χ1v) is 13.2. The molecule has 0 unspecified atom stereocenters. The van der Waals surface area contributed by atoms with E-state index in [0.717, 1.165) is 43.5 Å². The van der Waals surface area contributed by atoms with E-state index in [-0.39, 0.29) is 5.56 Å². The van der Waals surface area contributed by atoms with Gasteiger partial charge in [0.2, 0.25) is 5.95 Å². The van der Waals surface area contributed by atoms with Gasteiger partial charge in [0.25, 0.3) is 5.56 Å². The summed E-state index contributed by atoms with van der Waals surface area (Å²) in [6.45, 7) is 6.48. The van der Waals surface area contributed by atoms with Gasteiger partial charge in [-0.15, -0.1) is 0 Å². The summed E-state index contributed by atoms with van der Waals surface area (Å²) in [5.41, 5.74) is 10.3. The molecule has 4 N–H and O–H groups in total. The second-order valence-electron chi connectivity index (χ2n) is 9.50. The fourth-order valence-electron chi connectivity index (χ4n) is 4.80. The molecule has 0 aliphatic carbocycles. The normalized spacial score (nSPS) is 14.5. The van der Waals surface area contributed by atoms with Crippen molar-refractivity contribution >= 4 is 51.7 Å². The number of anilines is 3. The van der Waals surface area contributed by atoms with Gasteiger partial charge in [-0.05, 0) is 55.9 Å². The number of rotatable bonds is 7. The Morgan fingerprint density at radius 3 is 2.49 bits per heavy atom. The molecule has 0 amide bonds. The molecule has 1 aliphatic rings. The number of nitrogens with one attached hydrogen (secondary N) is 2. The topological polar surface area (TPSA) is 116 Å². The lowest BCUT2D eigenvalue weighted by atomic mass is 10.0. The molecule has 200 valence electrons. The highest BCUT2D eigenvalue weighted by Crippen LogP contribution is 2.30. The summed E-state index contributed by atoms with van der Waals surface area (Å²) < 4.78 is 1.63. The Morgan fingerprint density at radius 1 is 1.10 bits per heavy atom. The Morgan fingerprint density at radius 2 is 1.85 bits per heavy atom. The highest BCUT2D eigenvalue weighted by Gasteiger charge is 2.17. The summed E-state index contributed by atoms with van der Waals surface area (Å²) in [6.07, 6.45) is 4.23. The number of piperazine rings is 1. The molecule has 0 radical (unpaired) electrons. The minimum absolute atomic E-state index is 0.192. The van der Waals surface area contributed by atoms with Crippen molar-refractivity contribution in [3.63, 3.8) is 0 Å². The van der Waals surface area contributed by atoms with Crippen LogP contribution >= 0.6 is 11.6 Å². The van der Waals surface area contributed by atoms with E-state index < -0.39 is 0 Å². The van der Waals surface area contributed by atoms with Crippen molar-refractivity contribution in [2.45, 2.75) is 13.5 Å². The highest BCUT2D eigenvalue weighted by atomic mass is 35.5. The number of pyridine rings is 1. The Kier molecular flexibility index (Phi) is 7.63. The predicted molar refractivity (Wildman–Crippen MR) is 160 cm³/mol. The Bertz CT molecular complexity index is 1600. The van der Waals surface area contributed by atoms with Crippen LogP contribution in [0.25, 0.3) is 27.7 Å². The molecule has 9 nitrogen and oxygen atoms in total. The van der Waals surface area contributed by atoms with Crippen LogP contribution in [0.2, 0.25) is 5.02 Å². The molecule has 2 aromatic heterocycles. The Hall–Kier alpha value is -4.21. The first-order valence-electron chi connectivity index (χ1n) is 12.9. The van der Waals surface area contributed by atoms with Crippen molar-refractivity contribution in [1.29, 1.82) is 5.41 Å². The van der Waals surface area contributed by atoms with Gasteiger partial charge in [-0.1, -0.05) is 23.7 Å². The summed E-state index contributed by atoms with van der Waals surface area (Å²) in [7, 11) is 2.15. The number of nitrogens with two attached hydrogens (primary N) is 1. The molecular formula is C29H31ClN8O. The Labute approximate surface area is 232 Å². The summed E-state index contributed by atoms with van der Waals surface area (Å²) >= 11 is 6.59. The van der Waals surface area contributed by atoms with Crippen molar-refractivity contribution in [1.82, 2.24) is 19.4 Å². The van der Waals surface area contributed by atoms with Crippen LogP contribution in [0.15, 0.2) is 65.7 Å². The van der Waals surface area contributed by atoms with Gasteiger partial charge >= 0.3 is 0 Å². The van der Waals surface area contributed by atoms with Crippen LogP contribution in [-0.4, -0.2) is 58.9 Å². The SMILES string of the molecule is CCn1c(=O)c(-c2ccc(/C(C=N)=C/N)cc2Cl)cc2cnc(Nc3ccc(N4CCN(C)CC4)cc3)nc21. The van der Waals surface area contributed by atoms with Gasteiger partial charge in [0.1, 0.15) is 5.65 Å². The third-order valence-corrected chi connectivity index (χ3v) is 7.38. The summed E-state index contributed by atoms with van der Waals surface area (Å²) in [5, 5.41) is 11.9. The van der Waals surface area contributed by atoms with Crippen LogP contribution in [0, 0.1) is 5.41 Å². The van der Waals surface area contributed by atoms with E-state index in [1.54, 1.807) is 35.0 Å². The van der Waals surface area contributed by atoms with E-state index in [4.69, 9.17) is 22.7 Å². The van der Waals surface area contributed by atoms with Crippen molar-refractivity contribution in [2.24, 2.45) is 5.73 Å². The van der Waals surface area contributed by atoms with Crippen LogP contribution in [-0.2, 0) is 6.54 Å². The second kappa shape index (κ2) is 11.3.